The molecule has 0 aliphatic carbocycles. The maximum absolute atomic E-state index is 11.4. The number of sulfone groups is 1. The van der Waals surface area contributed by atoms with Gasteiger partial charge in [-0.15, -0.1) is 0 Å². The lowest BCUT2D eigenvalue weighted by atomic mass is 9.86. The van der Waals surface area contributed by atoms with E-state index in [1.165, 1.54) is 6.92 Å². The van der Waals surface area contributed by atoms with Crippen LogP contribution in [0.1, 0.15) is 44.9 Å². The lowest BCUT2D eigenvalue weighted by Crippen LogP contribution is -2.24. The Kier molecular flexibility index (Phi) is 4.23. The molecule has 0 fully saturated rings. The minimum Gasteiger partial charge on any atom is -0.387 e. The van der Waals surface area contributed by atoms with Crippen molar-refractivity contribution in [3.05, 3.63) is 35.4 Å². The second-order valence-electron chi connectivity index (χ2n) is 5.85. The van der Waals surface area contributed by atoms with Crippen molar-refractivity contribution in [2.45, 2.75) is 44.5 Å². The third-order valence-corrected chi connectivity index (χ3v) is 4.85. The van der Waals surface area contributed by atoms with E-state index in [-0.39, 0.29) is 5.41 Å². The molecule has 0 radical (unpaired) electrons. The van der Waals surface area contributed by atoms with Crippen molar-refractivity contribution in [1.82, 2.24) is 0 Å². The Morgan fingerprint density at radius 1 is 1.11 bits per heavy atom. The summed E-state index contributed by atoms with van der Waals surface area (Å²) in [6, 6.07) is 7.47. The van der Waals surface area contributed by atoms with Gasteiger partial charge in [0.05, 0.1) is 11.4 Å². The zero-order chi connectivity index (χ0) is 14.1. The molecule has 1 aromatic rings. The van der Waals surface area contributed by atoms with Gasteiger partial charge in [-0.25, -0.2) is 8.42 Å². The van der Waals surface area contributed by atoms with Gasteiger partial charge in [0.25, 0.3) is 0 Å². The lowest BCUT2D eigenvalue weighted by molar-refractivity contribution is 0.176. The molecule has 1 N–H and O–H groups in total. The molecule has 0 saturated heterocycles. The molecule has 0 amide bonds. The number of aliphatic hydroxyl groups excluding tert-OH is 1. The van der Waals surface area contributed by atoms with Gasteiger partial charge in [0.15, 0.2) is 9.84 Å². The summed E-state index contributed by atoms with van der Waals surface area (Å²) in [5.74, 6) is 0. The first-order chi connectivity index (χ1) is 8.03. The molecule has 0 saturated carbocycles. The number of hydrogen-bond donors (Lipinski definition) is 1. The summed E-state index contributed by atoms with van der Waals surface area (Å²) in [5.41, 5.74) is 1.85. The minimum absolute atomic E-state index is 0.0476. The maximum atomic E-state index is 11.4. The number of aliphatic hydroxyl groups is 1. The zero-order valence-electron chi connectivity index (χ0n) is 11.6. The molecular weight excluding hydrogens is 248 g/mol. The molecule has 102 valence electrons. The van der Waals surface area contributed by atoms with E-state index in [2.05, 4.69) is 20.8 Å². The average molecular weight is 270 g/mol. The van der Waals surface area contributed by atoms with Gasteiger partial charge in [-0.1, -0.05) is 45.0 Å². The Labute approximate surface area is 110 Å². The molecular formula is C14H22O3S. The fourth-order valence-electron chi connectivity index (χ4n) is 1.69. The van der Waals surface area contributed by atoms with Crippen LogP contribution in [0.25, 0.3) is 0 Å². The van der Waals surface area contributed by atoms with Crippen LogP contribution in [-0.2, 0) is 15.3 Å². The van der Waals surface area contributed by atoms with Crippen molar-refractivity contribution in [3.63, 3.8) is 0 Å². The average Bonchev–Trinajstić information content (AvgIpc) is 2.25. The largest absolute Gasteiger partial charge is 0.387 e. The molecule has 0 heterocycles. The highest BCUT2D eigenvalue weighted by Gasteiger charge is 2.25. The highest BCUT2D eigenvalue weighted by atomic mass is 32.2. The van der Waals surface area contributed by atoms with Crippen LogP contribution in [-0.4, -0.2) is 25.0 Å². The summed E-state index contributed by atoms with van der Waals surface area (Å²) in [6.45, 7) is 7.85. The van der Waals surface area contributed by atoms with Crippen LogP contribution in [0, 0.1) is 0 Å². The van der Waals surface area contributed by atoms with Crippen LogP contribution in [0.5, 0.6) is 0 Å². The standard InChI is InChI=1S/C14H22O3S/c1-10(18(5,16)17)13(15)11-6-8-12(9-7-11)14(2,3)4/h6-10,13,15H,1-5H3. The van der Waals surface area contributed by atoms with E-state index in [9.17, 15) is 13.5 Å². The summed E-state index contributed by atoms with van der Waals surface area (Å²) in [7, 11) is -3.24. The third kappa shape index (κ3) is 3.56. The predicted octanol–water partition coefficient (Wildman–Crippen LogP) is 2.45. The van der Waals surface area contributed by atoms with Gasteiger partial charge in [-0.3, -0.25) is 0 Å². The molecule has 2 atom stereocenters. The summed E-state index contributed by atoms with van der Waals surface area (Å²) in [5, 5.41) is 9.25. The maximum Gasteiger partial charge on any atom is 0.152 e. The van der Waals surface area contributed by atoms with E-state index in [1.54, 1.807) is 12.1 Å². The normalized spacial score (nSPS) is 16.3. The Bertz CT molecular complexity index is 495. The van der Waals surface area contributed by atoms with Gasteiger partial charge >= 0.3 is 0 Å². The molecule has 0 aliphatic rings. The minimum atomic E-state index is -3.24. The third-order valence-electron chi connectivity index (χ3n) is 3.24. The molecule has 2 unspecified atom stereocenters. The highest BCUT2D eigenvalue weighted by molar-refractivity contribution is 7.91. The predicted molar refractivity (Wildman–Crippen MR) is 74.4 cm³/mol. The number of hydrogen-bond acceptors (Lipinski definition) is 3. The first kappa shape index (κ1) is 15.2. The molecule has 0 aromatic heterocycles. The second kappa shape index (κ2) is 5.02. The fourth-order valence-corrected chi connectivity index (χ4v) is 2.31. The lowest BCUT2D eigenvalue weighted by Gasteiger charge is -2.21. The molecule has 1 aromatic carbocycles. The Balaban J connectivity index is 3.00. The molecule has 3 nitrogen and oxygen atoms in total. The van der Waals surface area contributed by atoms with Gasteiger partial charge in [-0.05, 0) is 23.5 Å². The summed E-state index contributed by atoms with van der Waals surface area (Å²) in [4.78, 5) is 0. The Morgan fingerprint density at radius 2 is 1.56 bits per heavy atom. The summed E-state index contributed by atoms with van der Waals surface area (Å²) >= 11 is 0. The smallest absolute Gasteiger partial charge is 0.152 e. The molecule has 4 heteroatoms. The Morgan fingerprint density at radius 3 is 1.89 bits per heavy atom. The topological polar surface area (TPSA) is 54.4 Å². The molecule has 0 aliphatic heterocycles. The van der Waals surface area contributed by atoms with E-state index in [4.69, 9.17) is 0 Å². The quantitative estimate of drug-likeness (QED) is 0.918. The van der Waals surface area contributed by atoms with Crippen molar-refractivity contribution in [2.75, 3.05) is 6.26 Å². The van der Waals surface area contributed by atoms with Crippen molar-refractivity contribution in [1.29, 1.82) is 0 Å². The van der Waals surface area contributed by atoms with Gasteiger partial charge in [-0.2, -0.15) is 0 Å². The van der Waals surface area contributed by atoms with E-state index in [1.807, 2.05) is 12.1 Å². The van der Waals surface area contributed by atoms with Gasteiger partial charge < -0.3 is 5.11 Å². The summed E-state index contributed by atoms with van der Waals surface area (Å²) < 4.78 is 22.8. The van der Waals surface area contributed by atoms with Crippen molar-refractivity contribution in [2.24, 2.45) is 0 Å². The Hall–Kier alpha value is -0.870. The molecule has 0 spiro atoms. The van der Waals surface area contributed by atoms with Crippen molar-refractivity contribution >= 4 is 9.84 Å². The number of rotatable bonds is 3. The molecule has 0 bridgehead atoms. The first-order valence-electron chi connectivity index (χ1n) is 6.01. The van der Waals surface area contributed by atoms with Crippen molar-refractivity contribution < 1.29 is 13.5 Å². The van der Waals surface area contributed by atoms with E-state index >= 15 is 0 Å². The molecule has 1 rings (SSSR count). The highest BCUT2D eigenvalue weighted by Crippen LogP contribution is 2.26. The SMILES string of the molecule is CC(C(O)c1ccc(C(C)(C)C)cc1)S(C)(=O)=O. The van der Waals surface area contributed by atoms with Gasteiger partial charge in [0.1, 0.15) is 0 Å². The van der Waals surface area contributed by atoms with E-state index < -0.39 is 21.2 Å². The summed E-state index contributed by atoms with van der Waals surface area (Å²) in [6.07, 6.45) is 0.166. The monoisotopic (exact) mass is 270 g/mol. The van der Waals surface area contributed by atoms with Crippen LogP contribution in [0.4, 0.5) is 0 Å². The molecule has 18 heavy (non-hydrogen) atoms. The van der Waals surface area contributed by atoms with Crippen molar-refractivity contribution in [3.8, 4) is 0 Å². The van der Waals surface area contributed by atoms with Crippen LogP contribution in [0.2, 0.25) is 0 Å². The van der Waals surface area contributed by atoms with Gasteiger partial charge in [0, 0.05) is 6.26 Å². The van der Waals surface area contributed by atoms with E-state index in [0.29, 0.717) is 5.56 Å². The van der Waals surface area contributed by atoms with Crippen LogP contribution < -0.4 is 0 Å². The second-order valence-corrected chi connectivity index (χ2v) is 8.25. The number of benzene rings is 1. The van der Waals surface area contributed by atoms with Gasteiger partial charge in [0.2, 0.25) is 0 Å². The fraction of sp³-hybridized carbons (Fsp3) is 0.571. The van der Waals surface area contributed by atoms with Crippen LogP contribution >= 0.6 is 0 Å². The van der Waals surface area contributed by atoms with Crippen LogP contribution in [0.3, 0.4) is 0 Å². The van der Waals surface area contributed by atoms with E-state index in [0.717, 1.165) is 11.8 Å². The van der Waals surface area contributed by atoms with Crippen LogP contribution in [0.15, 0.2) is 24.3 Å². The first-order valence-corrected chi connectivity index (χ1v) is 7.96. The zero-order valence-corrected chi connectivity index (χ0v) is 12.5.